The van der Waals surface area contributed by atoms with Crippen molar-refractivity contribution in [1.82, 2.24) is 14.8 Å². The first-order valence-electron chi connectivity index (χ1n) is 10.7. The first-order valence-corrected chi connectivity index (χ1v) is 12.1. The summed E-state index contributed by atoms with van der Waals surface area (Å²) in [4.78, 5) is 24.7. The maximum atomic E-state index is 12.4. The van der Waals surface area contributed by atoms with Crippen LogP contribution in [0.25, 0.3) is 11.4 Å². The van der Waals surface area contributed by atoms with E-state index in [0.717, 1.165) is 16.8 Å². The smallest absolute Gasteiger partial charge is 0.224 e. The number of aryl methyl sites for hydroxylation is 1. The lowest BCUT2D eigenvalue weighted by atomic mass is 10.1. The summed E-state index contributed by atoms with van der Waals surface area (Å²) in [7, 11) is 1.86. The molecule has 0 bridgehead atoms. The van der Waals surface area contributed by atoms with Gasteiger partial charge >= 0.3 is 0 Å². The molecule has 0 saturated carbocycles. The van der Waals surface area contributed by atoms with E-state index < -0.39 is 0 Å². The van der Waals surface area contributed by atoms with Crippen molar-refractivity contribution in [1.29, 1.82) is 0 Å². The summed E-state index contributed by atoms with van der Waals surface area (Å²) in [5.41, 5.74) is 3.35. The number of carbonyl (C=O) groups excluding carboxylic acids is 2. The van der Waals surface area contributed by atoms with Crippen molar-refractivity contribution in [2.45, 2.75) is 18.0 Å². The number of thioether (sulfide) groups is 1. The van der Waals surface area contributed by atoms with Crippen molar-refractivity contribution in [2.75, 3.05) is 11.1 Å². The standard InChI is InChI=1S/C26H23ClN4O2S/c1-31-25(29-30-26(31)34-17-23(32)19-8-12-21(27)13-9-19)20-10-14-22(15-11-20)28-24(33)16-7-18-5-3-2-4-6-18/h2-6,8-15H,7,16-17H2,1H3,(H,28,33). The number of nitrogens with one attached hydrogen (secondary N) is 1. The summed E-state index contributed by atoms with van der Waals surface area (Å²) in [6, 6.07) is 24.3. The summed E-state index contributed by atoms with van der Waals surface area (Å²) in [5, 5.41) is 12.7. The number of carbonyl (C=O) groups is 2. The maximum Gasteiger partial charge on any atom is 0.224 e. The molecule has 34 heavy (non-hydrogen) atoms. The van der Waals surface area contributed by atoms with E-state index in [1.807, 2.05) is 66.2 Å². The number of ketones is 1. The van der Waals surface area contributed by atoms with Crippen molar-refractivity contribution in [3.63, 3.8) is 0 Å². The molecular weight excluding hydrogens is 468 g/mol. The third kappa shape index (κ3) is 6.12. The van der Waals surface area contributed by atoms with E-state index in [1.54, 1.807) is 24.3 Å². The Morgan fingerprint density at radius 2 is 1.65 bits per heavy atom. The predicted octanol–water partition coefficient (Wildman–Crippen LogP) is 5.68. The number of benzene rings is 3. The maximum absolute atomic E-state index is 12.4. The van der Waals surface area contributed by atoms with E-state index >= 15 is 0 Å². The molecule has 4 aromatic rings. The van der Waals surface area contributed by atoms with Gasteiger partial charge < -0.3 is 9.88 Å². The van der Waals surface area contributed by atoms with Gasteiger partial charge in [-0.05, 0) is 60.5 Å². The highest BCUT2D eigenvalue weighted by atomic mass is 35.5. The van der Waals surface area contributed by atoms with Crippen LogP contribution in [0.15, 0.2) is 84.0 Å². The van der Waals surface area contributed by atoms with Crippen LogP contribution >= 0.6 is 23.4 Å². The van der Waals surface area contributed by atoms with Crippen LogP contribution in [0, 0.1) is 0 Å². The normalized spacial score (nSPS) is 10.8. The Kier molecular flexibility index (Phi) is 7.77. The number of hydrogen-bond acceptors (Lipinski definition) is 5. The van der Waals surface area contributed by atoms with Gasteiger partial charge in [0.05, 0.1) is 5.75 Å². The third-order valence-corrected chi connectivity index (χ3v) is 6.52. The molecular formula is C26H23ClN4O2S. The number of hydrogen-bond donors (Lipinski definition) is 1. The Balaban J connectivity index is 1.33. The number of nitrogens with zero attached hydrogens (tertiary/aromatic N) is 3. The van der Waals surface area contributed by atoms with Gasteiger partial charge in [-0.3, -0.25) is 9.59 Å². The molecule has 4 rings (SSSR count). The Morgan fingerprint density at radius 3 is 2.35 bits per heavy atom. The lowest BCUT2D eigenvalue weighted by molar-refractivity contribution is -0.116. The van der Waals surface area contributed by atoms with Crippen molar-refractivity contribution in [3.8, 4) is 11.4 Å². The van der Waals surface area contributed by atoms with Gasteiger partial charge in [-0.2, -0.15) is 0 Å². The van der Waals surface area contributed by atoms with Crippen LogP contribution in [-0.4, -0.2) is 32.2 Å². The Hall–Kier alpha value is -3.42. The highest BCUT2D eigenvalue weighted by molar-refractivity contribution is 7.99. The number of aromatic nitrogens is 3. The summed E-state index contributed by atoms with van der Waals surface area (Å²) in [6.07, 6.45) is 1.12. The number of Topliss-reactive ketones (excluding diaryl/α,β-unsaturated/α-hetero) is 1. The van der Waals surface area contributed by atoms with Gasteiger partial charge in [0.2, 0.25) is 5.91 Å². The first kappa shape index (κ1) is 23.7. The van der Waals surface area contributed by atoms with E-state index in [2.05, 4.69) is 15.5 Å². The average molecular weight is 491 g/mol. The van der Waals surface area contributed by atoms with Crippen LogP contribution in [0.2, 0.25) is 5.02 Å². The monoisotopic (exact) mass is 490 g/mol. The molecule has 0 unspecified atom stereocenters. The fourth-order valence-corrected chi connectivity index (χ4v) is 4.30. The van der Waals surface area contributed by atoms with Crippen molar-refractivity contribution in [3.05, 3.63) is 95.0 Å². The lowest BCUT2D eigenvalue weighted by Crippen LogP contribution is -2.12. The van der Waals surface area contributed by atoms with Crippen LogP contribution in [0.1, 0.15) is 22.3 Å². The van der Waals surface area contributed by atoms with Gasteiger partial charge in [0.1, 0.15) is 0 Å². The highest BCUT2D eigenvalue weighted by Gasteiger charge is 2.14. The molecule has 0 fully saturated rings. The molecule has 1 amide bonds. The van der Waals surface area contributed by atoms with Crippen molar-refractivity contribution in [2.24, 2.45) is 7.05 Å². The molecule has 0 radical (unpaired) electrons. The molecule has 1 aromatic heterocycles. The van der Waals surface area contributed by atoms with Gasteiger partial charge in [-0.1, -0.05) is 53.7 Å². The van der Waals surface area contributed by atoms with Crippen molar-refractivity contribution >= 4 is 40.7 Å². The molecule has 0 atom stereocenters. The predicted molar refractivity (Wildman–Crippen MR) is 136 cm³/mol. The van der Waals surface area contributed by atoms with Crippen LogP contribution in [0.4, 0.5) is 5.69 Å². The number of amides is 1. The van der Waals surface area contributed by atoms with Gasteiger partial charge in [0.15, 0.2) is 16.8 Å². The SMILES string of the molecule is Cn1c(SCC(=O)c2ccc(Cl)cc2)nnc1-c1ccc(NC(=O)CCc2ccccc2)cc1. The van der Waals surface area contributed by atoms with E-state index in [4.69, 9.17) is 11.6 Å². The molecule has 0 aliphatic heterocycles. The van der Waals surface area contributed by atoms with E-state index in [9.17, 15) is 9.59 Å². The van der Waals surface area contributed by atoms with Gasteiger partial charge in [-0.15, -0.1) is 10.2 Å². The second kappa shape index (κ2) is 11.1. The Morgan fingerprint density at radius 1 is 0.941 bits per heavy atom. The van der Waals surface area contributed by atoms with Gasteiger partial charge in [-0.25, -0.2) is 0 Å². The second-order valence-corrected chi connectivity index (χ2v) is 9.07. The van der Waals surface area contributed by atoms with E-state index in [0.29, 0.717) is 34.4 Å². The molecule has 6 nitrogen and oxygen atoms in total. The van der Waals surface area contributed by atoms with Crippen molar-refractivity contribution < 1.29 is 9.59 Å². The molecule has 172 valence electrons. The zero-order valence-electron chi connectivity index (χ0n) is 18.6. The Labute approximate surface area is 207 Å². The number of rotatable bonds is 9. The molecule has 8 heteroatoms. The highest BCUT2D eigenvalue weighted by Crippen LogP contribution is 2.25. The molecule has 0 aliphatic rings. The fourth-order valence-electron chi connectivity index (χ4n) is 3.37. The van der Waals surface area contributed by atoms with Gasteiger partial charge in [0.25, 0.3) is 0 Å². The van der Waals surface area contributed by atoms with E-state index in [-0.39, 0.29) is 17.4 Å². The minimum Gasteiger partial charge on any atom is -0.326 e. The fraction of sp³-hybridized carbons (Fsp3) is 0.154. The Bertz CT molecular complexity index is 1270. The quantitative estimate of drug-likeness (QED) is 0.241. The first-order chi connectivity index (χ1) is 16.5. The molecule has 0 aliphatic carbocycles. The number of halogens is 1. The summed E-state index contributed by atoms with van der Waals surface area (Å²) in [6.45, 7) is 0. The number of anilines is 1. The lowest BCUT2D eigenvalue weighted by Gasteiger charge is -2.07. The molecule has 1 N–H and O–H groups in total. The molecule has 3 aromatic carbocycles. The second-order valence-electron chi connectivity index (χ2n) is 7.70. The van der Waals surface area contributed by atoms with E-state index in [1.165, 1.54) is 11.8 Å². The van der Waals surface area contributed by atoms with Crippen LogP contribution in [-0.2, 0) is 18.3 Å². The minimum atomic E-state index is -0.0284. The van der Waals surface area contributed by atoms with Crippen LogP contribution in [0.3, 0.4) is 0 Å². The summed E-state index contributed by atoms with van der Waals surface area (Å²) >= 11 is 7.22. The molecule has 0 saturated heterocycles. The summed E-state index contributed by atoms with van der Waals surface area (Å²) < 4.78 is 1.85. The average Bonchev–Trinajstić information content (AvgIpc) is 3.23. The molecule has 1 heterocycles. The summed E-state index contributed by atoms with van der Waals surface area (Å²) in [5.74, 6) is 0.906. The third-order valence-electron chi connectivity index (χ3n) is 5.24. The van der Waals surface area contributed by atoms with Gasteiger partial charge in [0, 0.05) is 35.3 Å². The van der Waals surface area contributed by atoms with Crippen LogP contribution in [0.5, 0.6) is 0 Å². The topological polar surface area (TPSA) is 76.9 Å². The zero-order chi connectivity index (χ0) is 23.9. The molecule has 0 spiro atoms. The zero-order valence-corrected chi connectivity index (χ0v) is 20.1. The van der Waals surface area contributed by atoms with Crippen LogP contribution < -0.4 is 5.32 Å². The largest absolute Gasteiger partial charge is 0.326 e. The minimum absolute atomic E-state index is 0.00132.